The van der Waals surface area contributed by atoms with Gasteiger partial charge in [0.15, 0.2) is 0 Å². The molecule has 0 radical (unpaired) electrons. The Kier molecular flexibility index (Phi) is 5.41. The number of phenolic OH excluding ortho intramolecular Hbond substituents is 1. The second kappa shape index (κ2) is 7.49. The molecule has 0 atom stereocenters. The number of aromatic carboxylic acids is 1. The van der Waals surface area contributed by atoms with Gasteiger partial charge in [0.25, 0.3) is 0 Å². The van der Waals surface area contributed by atoms with Gasteiger partial charge in [-0.05, 0) is 43.7 Å². The van der Waals surface area contributed by atoms with Gasteiger partial charge in [-0.2, -0.15) is 0 Å². The summed E-state index contributed by atoms with van der Waals surface area (Å²) < 4.78 is 0. The highest BCUT2D eigenvalue weighted by Crippen LogP contribution is 2.27. The number of likely N-dealkylation sites (N-methyl/N-ethyl adjacent to an activating group) is 1. The van der Waals surface area contributed by atoms with E-state index >= 15 is 0 Å². The van der Waals surface area contributed by atoms with Crippen molar-refractivity contribution in [2.75, 3.05) is 18.0 Å². The Morgan fingerprint density at radius 2 is 1.78 bits per heavy atom. The topological polar surface area (TPSA) is 60.8 Å². The first kappa shape index (κ1) is 16.6. The van der Waals surface area contributed by atoms with Crippen LogP contribution < -0.4 is 4.90 Å². The zero-order valence-corrected chi connectivity index (χ0v) is 13.4. The summed E-state index contributed by atoms with van der Waals surface area (Å²) in [6, 6.07) is 14.1. The molecule has 0 amide bonds. The molecule has 0 saturated heterocycles. The first-order chi connectivity index (χ1) is 11.0. The molecule has 0 aliphatic rings. The molecule has 23 heavy (non-hydrogen) atoms. The van der Waals surface area contributed by atoms with Crippen LogP contribution in [0.1, 0.15) is 29.8 Å². The molecule has 2 rings (SSSR count). The third-order valence-corrected chi connectivity index (χ3v) is 3.62. The molecule has 2 N–H and O–H groups in total. The maximum atomic E-state index is 10.9. The number of carboxylic acid groups (broad SMARTS) is 1. The van der Waals surface area contributed by atoms with E-state index in [2.05, 4.69) is 4.90 Å². The molecule has 0 unspecified atom stereocenters. The van der Waals surface area contributed by atoms with Crippen LogP contribution in [-0.4, -0.2) is 29.3 Å². The fourth-order valence-corrected chi connectivity index (χ4v) is 2.45. The van der Waals surface area contributed by atoms with Crippen molar-refractivity contribution in [3.05, 3.63) is 65.2 Å². The lowest BCUT2D eigenvalue weighted by Gasteiger charge is -2.24. The zero-order valence-electron chi connectivity index (χ0n) is 13.4. The van der Waals surface area contributed by atoms with E-state index in [9.17, 15) is 9.90 Å². The number of carboxylic acids is 1. The minimum atomic E-state index is -0.922. The lowest BCUT2D eigenvalue weighted by molar-refractivity contribution is 0.0697. The van der Waals surface area contributed by atoms with Crippen molar-refractivity contribution in [1.29, 1.82) is 0 Å². The van der Waals surface area contributed by atoms with Gasteiger partial charge in [0, 0.05) is 13.1 Å². The first-order valence-corrected chi connectivity index (χ1v) is 7.54. The summed E-state index contributed by atoms with van der Waals surface area (Å²) in [6.07, 6.45) is 2.02. The molecule has 0 heterocycles. The summed E-state index contributed by atoms with van der Waals surface area (Å²) in [5.41, 5.74) is 3.17. The number of hydrogen-bond acceptors (Lipinski definition) is 3. The molecule has 120 valence electrons. The standard InChI is InChI=1S/C19H21NO3/c1-3-20(17-6-4-5-7-18(17)21)13-14(2)12-15-8-10-16(11-9-15)19(22)23/h4-12,21H,3,13H2,1-2H3,(H,22,23). The van der Waals surface area contributed by atoms with Crippen molar-refractivity contribution in [2.24, 2.45) is 0 Å². The van der Waals surface area contributed by atoms with E-state index in [0.717, 1.165) is 23.4 Å². The zero-order chi connectivity index (χ0) is 16.8. The molecule has 2 aromatic rings. The Bertz CT molecular complexity index is 705. The molecular weight excluding hydrogens is 290 g/mol. The average molecular weight is 311 g/mol. The monoisotopic (exact) mass is 311 g/mol. The summed E-state index contributed by atoms with van der Waals surface area (Å²) >= 11 is 0. The molecule has 4 heteroatoms. The van der Waals surface area contributed by atoms with Crippen LogP contribution in [0.4, 0.5) is 5.69 Å². The van der Waals surface area contributed by atoms with Crippen molar-refractivity contribution in [2.45, 2.75) is 13.8 Å². The Morgan fingerprint density at radius 1 is 1.13 bits per heavy atom. The number of aromatic hydroxyl groups is 1. The summed E-state index contributed by atoms with van der Waals surface area (Å²) in [5.74, 6) is -0.651. The number of carbonyl (C=O) groups is 1. The lowest BCUT2D eigenvalue weighted by Crippen LogP contribution is -2.24. The van der Waals surface area contributed by atoms with Crippen molar-refractivity contribution >= 4 is 17.7 Å². The molecule has 4 nitrogen and oxygen atoms in total. The average Bonchev–Trinajstić information content (AvgIpc) is 2.54. The molecule has 0 aliphatic heterocycles. The van der Waals surface area contributed by atoms with Crippen molar-refractivity contribution in [1.82, 2.24) is 0 Å². The number of benzene rings is 2. The van der Waals surface area contributed by atoms with E-state index < -0.39 is 5.97 Å². The van der Waals surface area contributed by atoms with E-state index in [4.69, 9.17) is 5.11 Å². The summed E-state index contributed by atoms with van der Waals surface area (Å²) in [4.78, 5) is 13.0. The van der Waals surface area contributed by atoms with Crippen LogP contribution in [0.15, 0.2) is 54.1 Å². The maximum absolute atomic E-state index is 10.9. The van der Waals surface area contributed by atoms with Crippen LogP contribution in [0.25, 0.3) is 6.08 Å². The second-order valence-electron chi connectivity index (χ2n) is 5.42. The van der Waals surface area contributed by atoms with E-state index in [0.29, 0.717) is 6.54 Å². The highest BCUT2D eigenvalue weighted by atomic mass is 16.4. The van der Waals surface area contributed by atoms with Crippen LogP contribution in [0, 0.1) is 0 Å². The van der Waals surface area contributed by atoms with E-state index in [1.807, 2.05) is 32.1 Å². The molecule has 0 aliphatic carbocycles. The number of para-hydroxylation sites is 2. The van der Waals surface area contributed by atoms with Crippen LogP contribution in [-0.2, 0) is 0 Å². The third-order valence-electron chi connectivity index (χ3n) is 3.62. The second-order valence-corrected chi connectivity index (χ2v) is 5.42. The molecule has 2 aromatic carbocycles. The van der Waals surface area contributed by atoms with Gasteiger partial charge in [-0.1, -0.05) is 35.9 Å². The van der Waals surface area contributed by atoms with Gasteiger partial charge in [0.1, 0.15) is 5.75 Å². The smallest absolute Gasteiger partial charge is 0.335 e. The number of anilines is 1. The Balaban J connectivity index is 2.14. The van der Waals surface area contributed by atoms with E-state index in [1.54, 1.807) is 36.4 Å². The minimum absolute atomic E-state index is 0.271. The summed E-state index contributed by atoms with van der Waals surface area (Å²) in [5, 5.41) is 18.9. The highest BCUT2D eigenvalue weighted by molar-refractivity contribution is 5.87. The predicted molar refractivity (Wildman–Crippen MR) is 93.0 cm³/mol. The molecule has 0 spiro atoms. The highest BCUT2D eigenvalue weighted by Gasteiger charge is 2.09. The molecule has 0 fully saturated rings. The largest absolute Gasteiger partial charge is 0.506 e. The van der Waals surface area contributed by atoms with Crippen LogP contribution in [0.5, 0.6) is 5.75 Å². The number of rotatable bonds is 6. The van der Waals surface area contributed by atoms with Crippen LogP contribution in [0.2, 0.25) is 0 Å². The fraction of sp³-hybridized carbons (Fsp3) is 0.211. The molecule has 0 bridgehead atoms. The predicted octanol–water partition coefficient (Wildman–Crippen LogP) is 4.02. The number of nitrogens with zero attached hydrogens (tertiary/aromatic N) is 1. The SMILES string of the molecule is CCN(CC(C)=Cc1ccc(C(=O)O)cc1)c1ccccc1O. The van der Waals surface area contributed by atoms with Gasteiger partial charge >= 0.3 is 5.97 Å². The Hall–Kier alpha value is -2.75. The van der Waals surface area contributed by atoms with Crippen molar-refractivity contribution in [3.63, 3.8) is 0 Å². The van der Waals surface area contributed by atoms with Gasteiger partial charge in [0.2, 0.25) is 0 Å². The first-order valence-electron chi connectivity index (χ1n) is 7.54. The van der Waals surface area contributed by atoms with Gasteiger partial charge < -0.3 is 15.1 Å². The fourth-order valence-electron chi connectivity index (χ4n) is 2.45. The Labute approximate surface area is 136 Å². The van der Waals surface area contributed by atoms with Gasteiger partial charge in [-0.25, -0.2) is 4.79 Å². The summed E-state index contributed by atoms with van der Waals surface area (Å²) in [6.45, 7) is 5.53. The Morgan fingerprint density at radius 3 is 2.35 bits per heavy atom. The van der Waals surface area contributed by atoms with Gasteiger partial charge in [0.05, 0.1) is 11.3 Å². The third kappa shape index (κ3) is 4.36. The van der Waals surface area contributed by atoms with Gasteiger partial charge in [-0.3, -0.25) is 0 Å². The van der Waals surface area contributed by atoms with Crippen LogP contribution >= 0.6 is 0 Å². The number of phenols is 1. The maximum Gasteiger partial charge on any atom is 0.335 e. The van der Waals surface area contributed by atoms with Crippen molar-refractivity contribution < 1.29 is 15.0 Å². The van der Waals surface area contributed by atoms with E-state index in [1.165, 1.54) is 0 Å². The van der Waals surface area contributed by atoms with E-state index in [-0.39, 0.29) is 11.3 Å². The molecular formula is C19H21NO3. The van der Waals surface area contributed by atoms with Crippen molar-refractivity contribution in [3.8, 4) is 5.75 Å². The quantitative estimate of drug-likeness (QED) is 0.846. The summed E-state index contributed by atoms with van der Waals surface area (Å²) in [7, 11) is 0. The molecule has 0 aromatic heterocycles. The normalized spacial score (nSPS) is 11.3. The van der Waals surface area contributed by atoms with Crippen LogP contribution in [0.3, 0.4) is 0 Å². The minimum Gasteiger partial charge on any atom is -0.506 e. The lowest BCUT2D eigenvalue weighted by atomic mass is 10.1. The number of hydrogen-bond donors (Lipinski definition) is 2. The van der Waals surface area contributed by atoms with Gasteiger partial charge in [-0.15, -0.1) is 0 Å². The molecule has 0 saturated carbocycles.